The highest BCUT2D eigenvalue weighted by atomic mass is 32.2. The molecule has 27 heavy (non-hydrogen) atoms. The molecule has 5 heteroatoms. The highest BCUT2D eigenvalue weighted by Gasteiger charge is 2.73. The molecule has 0 N–H and O–H groups in total. The van der Waals surface area contributed by atoms with Crippen LogP contribution in [0.25, 0.3) is 6.08 Å². The minimum absolute atomic E-state index is 0.339. The number of para-hydroxylation sites is 1. The highest BCUT2D eigenvalue weighted by molar-refractivity contribution is 7.85. The molecule has 0 aromatic heterocycles. The lowest BCUT2D eigenvalue weighted by Crippen LogP contribution is -2.32. The molecule has 0 radical (unpaired) electrons. The summed E-state index contributed by atoms with van der Waals surface area (Å²) in [4.78, 5) is 0. The molecular formula is C22H17NO3S. The van der Waals surface area contributed by atoms with E-state index in [4.69, 9.17) is 4.18 Å². The van der Waals surface area contributed by atoms with Gasteiger partial charge < -0.3 is 4.18 Å². The van der Waals surface area contributed by atoms with Crippen LogP contribution < -0.4 is 4.18 Å². The Hall–Kier alpha value is -2.89. The molecule has 3 aromatic rings. The summed E-state index contributed by atoms with van der Waals surface area (Å²) in [6.45, 7) is 0. The van der Waals surface area contributed by atoms with Crippen molar-refractivity contribution in [2.75, 3.05) is 0 Å². The molecule has 0 saturated carbocycles. The van der Waals surface area contributed by atoms with Gasteiger partial charge in [0.1, 0.15) is 11.3 Å². The summed E-state index contributed by atoms with van der Waals surface area (Å²) in [7, 11) is -3.88. The first kappa shape index (κ1) is 16.3. The van der Waals surface area contributed by atoms with Crippen LogP contribution in [-0.2, 0) is 15.8 Å². The third-order valence-corrected chi connectivity index (χ3v) is 6.57. The van der Waals surface area contributed by atoms with Crippen LogP contribution in [0, 0.1) is 0 Å². The van der Waals surface area contributed by atoms with E-state index in [2.05, 4.69) is 0 Å². The fraction of sp³-hybridized carbons (Fsp3) is 0.0909. The smallest absolute Gasteiger partial charge is 0.370 e. The lowest BCUT2D eigenvalue weighted by Gasteiger charge is -2.25. The summed E-state index contributed by atoms with van der Waals surface area (Å²) < 4.78 is 32.5. The number of hydrogen-bond donors (Lipinski definition) is 0. The monoisotopic (exact) mass is 375 g/mol. The first-order valence-electron chi connectivity index (χ1n) is 8.76. The maximum Gasteiger partial charge on any atom is 0.387 e. The van der Waals surface area contributed by atoms with Gasteiger partial charge in [0, 0.05) is 5.56 Å². The van der Waals surface area contributed by atoms with Gasteiger partial charge >= 0.3 is 10.3 Å². The zero-order valence-corrected chi connectivity index (χ0v) is 15.2. The number of rotatable bonds is 3. The number of fused-ring (bicyclic) bond motifs is 3. The third kappa shape index (κ3) is 2.36. The zero-order valence-electron chi connectivity index (χ0n) is 14.4. The molecule has 2 heterocycles. The molecular weight excluding hydrogens is 358 g/mol. The molecule has 3 aromatic carbocycles. The van der Waals surface area contributed by atoms with Gasteiger partial charge in [0.25, 0.3) is 0 Å². The predicted octanol–water partition coefficient (Wildman–Crippen LogP) is 3.97. The maximum absolute atomic E-state index is 12.9. The molecule has 3 atom stereocenters. The quantitative estimate of drug-likeness (QED) is 0.651. The standard InChI is InChI=1S/C22H17NO3S/c24-27(25)23-21(16-15-17-9-3-1-4-10-17)22(23,18-11-5-2-6-12-18)19-13-7-8-14-20(19)26-27/h1-16,21H/b16-15+/t21-,22-,23?/m1/s1. The van der Waals surface area contributed by atoms with Crippen molar-refractivity contribution < 1.29 is 12.6 Å². The van der Waals surface area contributed by atoms with Gasteiger partial charge in [0.05, 0.1) is 6.04 Å². The van der Waals surface area contributed by atoms with E-state index in [1.54, 1.807) is 12.1 Å². The van der Waals surface area contributed by atoms with Crippen molar-refractivity contribution >= 4 is 16.4 Å². The van der Waals surface area contributed by atoms with Crippen molar-refractivity contribution in [3.63, 3.8) is 0 Å². The Bertz CT molecular complexity index is 1130. The Morgan fingerprint density at radius 1 is 0.852 bits per heavy atom. The minimum Gasteiger partial charge on any atom is -0.370 e. The molecule has 0 spiro atoms. The van der Waals surface area contributed by atoms with Crippen LogP contribution in [0.3, 0.4) is 0 Å². The number of benzene rings is 3. The summed E-state index contributed by atoms with van der Waals surface area (Å²) in [6, 6.07) is 26.6. The Morgan fingerprint density at radius 3 is 2.22 bits per heavy atom. The Morgan fingerprint density at radius 2 is 1.48 bits per heavy atom. The van der Waals surface area contributed by atoms with Crippen molar-refractivity contribution in [1.82, 2.24) is 4.31 Å². The lowest BCUT2D eigenvalue weighted by atomic mass is 9.86. The second-order valence-electron chi connectivity index (χ2n) is 6.68. The fourth-order valence-electron chi connectivity index (χ4n) is 4.02. The van der Waals surface area contributed by atoms with Crippen LogP contribution in [0.4, 0.5) is 0 Å². The van der Waals surface area contributed by atoms with E-state index >= 15 is 0 Å². The van der Waals surface area contributed by atoms with Crippen LogP contribution in [-0.4, -0.2) is 18.8 Å². The van der Waals surface area contributed by atoms with E-state index in [1.165, 1.54) is 4.31 Å². The molecule has 134 valence electrons. The Kier molecular flexibility index (Phi) is 3.50. The topological polar surface area (TPSA) is 46.4 Å². The van der Waals surface area contributed by atoms with E-state index in [0.29, 0.717) is 5.75 Å². The summed E-state index contributed by atoms with van der Waals surface area (Å²) in [5.74, 6) is 0.396. The van der Waals surface area contributed by atoms with Crippen LogP contribution in [0.2, 0.25) is 0 Å². The average molecular weight is 375 g/mol. The average Bonchev–Trinajstić information content (AvgIpc) is 3.39. The Balaban J connectivity index is 1.70. The molecule has 1 unspecified atom stereocenters. The Labute approximate surface area is 158 Å². The van der Waals surface area contributed by atoms with E-state index < -0.39 is 15.8 Å². The molecule has 1 saturated heterocycles. The van der Waals surface area contributed by atoms with Crippen LogP contribution >= 0.6 is 0 Å². The van der Waals surface area contributed by atoms with E-state index in [9.17, 15) is 8.42 Å². The van der Waals surface area contributed by atoms with Crippen molar-refractivity contribution in [3.8, 4) is 5.75 Å². The van der Waals surface area contributed by atoms with Gasteiger partial charge in [-0.05, 0) is 17.2 Å². The summed E-state index contributed by atoms with van der Waals surface area (Å²) in [5, 5.41) is 0. The van der Waals surface area contributed by atoms with Gasteiger partial charge in [0.2, 0.25) is 0 Å². The SMILES string of the molecule is O=S1(=O)Oc2ccccc2[C@]2(c3ccccc3)[C@@H](/C=C/c3ccccc3)N21. The predicted molar refractivity (Wildman–Crippen MR) is 104 cm³/mol. The van der Waals surface area contributed by atoms with E-state index in [0.717, 1.165) is 16.7 Å². The van der Waals surface area contributed by atoms with Crippen molar-refractivity contribution in [1.29, 1.82) is 0 Å². The number of hydrogen-bond acceptors (Lipinski definition) is 3. The van der Waals surface area contributed by atoms with Crippen molar-refractivity contribution in [2.24, 2.45) is 0 Å². The van der Waals surface area contributed by atoms with Gasteiger partial charge in [0.15, 0.2) is 0 Å². The van der Waals surface area contributed by atoms with Crippen LogP contribution in [0.1, 0.15) is 16.7 Å². The van der Waals surface area contributed by atoms with Crippen molar-refractivity contribution in [3.05, 3.63) is 108 Å². The second kappa shape index (κ2) is 5.81. The van der Waals surface area contributed by atoms with E-state index in [-0.39, 0.29) is 6.04 Å². The molecule has 1 fully saturated rings. The third-order valence-electron chi connectivity index (χ3n) is 5.18. The molecule has 2 aliphatic heterocycles. The first-order valence-corrected chi connectivity index (χ1v) is 10.1. The first-order chi connectivity index (χ1) is 13.1. The minimum atomic E-state index is -3.88. The molecule has 0 bridgehead atoms. The van der Waals surface area contributed by atoms with E-state index in [1.807, 2.05) is 84.9 Å². The lowest BCUT2D eigenvalue weighted by molar-refractivity contribution is 0.407. The molecule has 4 nitrogen and oxygen atoms in total. The van der Waals surface area contributed by atoms with Gasteiger partial charge in [-0.2, -0.15) is 8.42 Å². The van der Waals surface area contributed by atoms with Crippen LogP contribution in [0.5, 0.6) is 5.75 Å². The van der Waals surface area contributed by atoms with Gasteiger partial charge in [-0.25, -0.2) is 0 Å². The summed E-state index contributed by atoms with van der Waals surface area (Å²) in [5.41, 5.74) is 2.07. The maximum atomic E-state index is 12.9. The van der Waals surface area contributed by atoms with Crippen LogP contribution in [0.15, 0.2) is 91.0 Å². The molecule has 0 aliphatic carbocycles. The highest BCUT2D eigenvalue weighted by Crippen LogP contribution is 2.62. The molecule has 2 aliphatic rings. The summed E-state index contributed by atoms with van der Waals surface area (Å²) in [6.07, 6.45) is 3.91. The number of nitrogens with zero attached hydrogens (tertiary/aromatic N) is 1. The fourth-order valence-corrected chi connectivity index (χ4v) is 5.59. The summed E-state index contributed by atoms with van der Waals surface area (Å²) >= 11 is 0. The van der Waals surface area contributed by atoms with Gasteiger partial charge in [-0.15, -0.1) is 4.31 Å². The molecule has 5 rings (SSSR count). The van der Waals surface area contributed by atoms with Gasteiger partial charge in [-0.3, -0.25) is 0 Å². The zero-order chi connectivity index (χ0) is 18.5. The normalized spacial score (nSPS) is 27.4. The molecule has 0 amide bonds. The second-order valence-corrected chi connectivity index (χ2v) is 8.10. The largest absolute Gasteiger partial charge is 0.387 e. The van der Waals surface area contributed by atoms with Gasteiger partial charge in [-0.1, -0.05) is 91.0 Å². The van der Waals surface area contributed by atoms with Crippen molar-refractivity contribution in [2.45, 2.75) is 11.6 Å².